The zero-order valence-electron chi connectivity index (χ0n) is 14.7. The van der Waals surface area contributed by atoms with Gasteiger partial charge in [-0.15, -0.1) is 15.3 Å². The number of hydrogen-bond acceptors (Lipinski definition) is 5. The highest BCUT2D eigenvalue weighted by molar-refractivity contribution is 5.79. The molecule has 1 saturated heterocycles. The number of carbonyl (C=O) groups is 1. The fraction of sp³-hybridized carbons (Fsp3) is 0.647. The molecular weight excluding hydrogens is 304 g/mol. The second kappa shape index (κ2) is 7.15. The average molecular weight is 330 g/mol. The van der Waals surface area contributed by atoms with Crippen molar-refractivity contribution in [3.63, 3.8) is 0 Å². The van der Waals surface area contributed by atoms with Crippen molar-refractivity contribution in [1.82, 2.24) is 25.1 Å². The van der Waals surface area contributed by atoms with Gasteiger partial charge >= 0.3 is 0 Å². The number of amides is 1. The molecule has 2 aromatic rings. The van der Waals surface area contributed by atoms with Crippen molar-refractivity contribution in [3.8, 4) is 0 Å². The van der Waals surface area contributed by atoms with E-state index < -0.39 is 0 Å². The van der Waals surface area contributed by atoms with Gasteiger partial charge in [0.2, 0.25) is 5.91 Å². The Hall–Kier alpha value is -2.18. The van der Waals surface area contributed by atoms with E-state index in [4.69, 9.17) is 0 Å². The molecule has 0 aromatic carbocycles. The molecule has 1 aliphatic rings. The van der Waals surface area contributed by atoms with Crippen LogP contribution in [0.1, 0.15) is 38.9 Å². The highest BCUT2D eigenvalue weighted by Crippen LogP contribution is 2.22. The fourth-order valence-electron chi connectivity index (χ4n) is 3.08. The Bertz CT molecular complexity index is 710. The number of nitrogens with zero attached hydrogens (tertiary/aromatic N) is 5. The first kappa shape index (κ1) is 16.7. The molecule has 0 saturated carbocycles. The summed E-state index contributed by atoms with van der Waals surface area (Å²) in [4.78, 5) is 14.6. The summed E-state index contributed by atoms with van der Waals surface area (Å²) in [5, 5.41) is 15.8. The number of piperidine rings is 1. The van der Waals surface area contributed by atoms with Crippen LogP contribution >= 0.6 is 0 Å². The molecule has 0 unspecified atom stereocenters. The second-order valence-electron chi connectivity index (χ2n) is 6.97. The lowest BCUT2D eigenvalue weighted by atomic mass is 9.97. The molecule has 1 atom stereocenters. The van der Waals surface area contributed by atoms with Crippen molar-refractivity contribution in [2.75, 3.05) is 24.5 Å². The van der Waals surface area contributed by atoms with Gasteiger partial charge in [-0.2, -0.15) is 4.52 Å². The van der Waals surface area contributed by atoms with Gasteiger partial charge in [-0.25, -0.2) is 0 Å². The van der Waals surface area contributed by atoms with Gasteiger partial charge in [0.25, 0.3) is 0 Å². The van der Waals surface area contributed by atoms with E-state index in [1.54, 1.807) is 4.52 Å². The number of anilines is 1. The lowest BCUT2D eigenvalue weighted by molar-refractivity contribution is -0.125. The first-order valence-corrected chi connectivity index (χ1v) is 8.76. The summed E-state index contributed by atoms with van der Waals surface area (Å²) in [7, 11) is 0. The molecule has 0 spiro atoms. The molecule has 0 bridgehead atoms. The standard InChI is InChI=1S/C17H26N6O/c1-12(2)8-9-18-17(24)14-5-4-10-22(11-14)16-7-6-15-20-19-13(3)23(15)21-16/h6-7,12,14H,4-5,8-11H2,1-3H3,(H,18,24)/t14-/m1/s1. The summed E-state index contributed by atoms with van der Waals surface area (Å²) in [6.45, 7) is 8.63. The predicted molar refractivity (Wildman–Crippen MR) is 92.9 cm³/mol. The van der Waals surface area contributed by atoms with E-state index in [9.17, 15) is 4.79 Å². The summed E-state index contributed by atoms with van der Waals surface area (Å²) in [5.74, 6) is 2.46. The van der Waals surface area contributed by atoms with E-state index in [1.165, 1.54) is 0 Å². The smallest absolute Gasteiger partial charge is 0.224 e. The maximum absolute atomic E-state index is 12.4. The Labute approximate surface area is 142 Å². The van der Waals surface area contributed by atoms with Crippen molar-refractivity contribution < 1.29 is 4.79 Å². The predicted octanol–water partition coefficient (Wildman–Crippen LogP) is 1.81. The number of nitrogens with one attached hydrogen (secondary N) is 1. The van der Waals surface area contributed by atoms with Crippen LogP contribution in [0.25, 0.3) is 5.65 Å². The van der Waals surface area contributed by atoms with Gasteiger partial charge in [-0.1, -0.05) is 13.8 Å². The van der Waals surface area contributed by atoms with Crippen LogP contribution < -0.4 is 10.2 Å². The van der Waals surface area contributed by atoms with Crippen LogP contribution in [0.3, 0.4) is 0 Å². The van der Waals surface area contributed by atoms with Gasteiger partial charge in [0.05, 0.1) is 5.92 Å². The molecule has 0 radical (unpaired) electrons. The van der Waals surface area contributed by atoms with Gasteiger partial charge in [0.15, 0.2) is 11.5 Å². The third-order valence-electron chi connectivity index (χ3n) is 4.54. The molecule has 1 N–H and O–H groups in total. The number of rotatable bonds is 5. The third kappa shape index (κ3) is 3.66. The molecule has 3 heterocycles. The quantitative estimate of drug-likeness (QED) is 0.905. The maximum Gasteiger partial charge on any atom is 0.224 e. The van der Waals surface area contributed by atoms with Crippen molar-refractivity contribution in [3.05, 3.63) is 18.0 Å². The SMILES string of the molecule is Cc1nnc2ccc(N3CCC[C@@H](C(=O)NCCC(C)C)C3)nn12. The van der Waals surface area contributed by atoms with Crippen molar-refractivity contribution >= 4 is 17.4 Å². The minimum absolute atomic E-state index is 0.0328. The van der Waals surface area contributed by atoms with Gasteiger partial charge in [-0.3, -0.25) is 4.79 Å². The Morgan fingerprint density at radius 3 is 3.00 bits per heavy atom. The van der Waals surface area contributed by atoms with Crippen LogP contribution in [-0.2, 0) is 4.79 Å². The fourth-order valence-corrected chi connectivity index (χ4v) is 3.08. The van der Waals surface area contributed by atoms with E-state index >= 15 is 0 Å². The highest BCUT2D eigenvalue weighted by atomic mass is 16.1. The monoisotopic (exact) mass is 330 g/mol. The molecular formula is C17H26N6O. The minimum Gasteiger partial charge on any atom is -0.356 e. The lowest BCUT2D eigenvalue weighted by Crippen LogP contribution is -2.43. The Balaban J connectivity index is 1.65. The first-order valence-electron chi connectivity index (χ1n) is 8.76. The molecule has 24 heavy (non-hydrogen) atoms. The van der Waals surface area contributed by atoms with Crippen molar-refractivity contribution in [1.29, 1.82) is 0 Å². The number of aromatic nitrogens is 4. The lowest BCUT2D eigenvalue weighted by Gasteiger charge is -2.32. The minimum atomic E-state index is 0.0328. The van der Waals surface area contributed by atoms with Gasteiger partial charge < -0.3 is 10.2 Å². The normalized spacial score (nSPS) is 18.3. The summed E-state index contributed by atoms with van der Waals surface area (Å²) in [5.41, 5.74) is 0.747. The Morgan fingerprint density at radius 2 is 2.21 bits per heavy atom. The molecule has 2 aromatic heterocycles. The Morgan fingerprint density at radius 1 is 1.38 bits per heavy atom. The molecule has 1 amide bonds. The molecule has 1 aliphatic heterocycles. The summed E-state index contributed by atoms with van der Waals surface area (Å²) in [6, 6.07) is 3.89. The van der Waals surface area contributed by atoms with E-state index in [-0.39, 0.29) is 11.8 Å². The first-order chi connectivity index (χ1) is 11.5. The molecule has 1 fully saturated rings. The van der Waals surface area contributed by atoms with Gasteiger partial charge in [-0.05, 0) is 44.2 Å². The zero-order chi connectivity index (χ0) is 17.1. The van der Waals surface area contributed by atoms with Crippen LogP contribution in [-0.4, -0.2) is 45.4 Å². The van der Waals surface area contributed by atoms with Crippen LogP contribution in [0, 0.1) is 18.8 Å². The van der Waals surface area contributed by atoms with Crippen molar-refractivity contribution in [2.24, 2.45) is 11.8 Å². The number of fused-ring (bicyclic) bond motifs is 1. The van der Waals surface area contributed by atoms with Gasteiger partial charge in [0, 0.05) is 19.6 Å². The molecule has 7 heteroatoms. The van der Waals surface area contributed by atoms with Crippen LogP contribution in [0.15, 0.2) is 12.1 Å². The van der Waals surface area contributed by atoms with E-state index in [1.807, 2.05) is 19.1 Å². The zero-order valence-corrected chi connectivity index (χ0v) is 14.7. The summed E-state index contributed by atoms with van der Waals surface area (Å²) in [6.07, 6.45) is 2.97. The maximum atomic E-state index is 12.4. The number of aryl methyl sites for hydroxylation is 1. The number of carbonyl (C=O) groups excluding carboxylic acids is 1. The number of hydrogen-bond donors (Lipinski definition) is 1. The van der Waals surface area contributed by atoms with E-state index in [2.05, 4.69) is 39.4 Å². The summed E-state index contributed by atoms with van der Waals surface area (Å²) >= 11 is 0. The highest BCUT2D eigenvalue weighted by Gasteiger charge is 2.26. The third-order valence-corrected chi connectivity index (χ3v) is 4.54. The molecule has 7 nitrogen and oxygen atoms in total. The second-order valence-corrected chi connectivity index (χ2v) is 6.97. The Kier molecular flexibility index (Phi) is 4.97. The largest absolute Gasteiger partial charge is 0.356 e. The van der Waals surface area contributed by atoms with Crippen LogP contribution in [0.4, 0.5) is 5.82 Å². The van der Waals surface area contributed by atoms with Crippen LogP contribution in [0.5, 0.6) is 0 Å². The van der Waals surface area contributed by atoms with E-state index in [0.29, 0.717) is 12.5 Å². The topological polar surface area (TPSA) is 75.4 Å². The summed E-state index contributed by atoms with van der Waals surface area (Å²) < 4.78 is 1.75. The molecule has 0 aliphatic carbocycles. The molecule has 3 rings (SSSR count). The van der Waals surface area contributed by atoms with Crippen LogP contribution in [0.2, 0.25) is 0 Å². The van der Waals surface area contributed by atoms with E-state index in [0.717, 1.165) is 49.6 Å². The van der Waals surface area contributed by atoms with Crippen molar-refractivity contribution in [2.45, 2.75) is 40.0 Å². The molecule has 130 valence electrons. The average Bonchev–Trinajstić information content (AvgIpc) is 2.95. The van der Waals surface area contributed by atoms with Gasteiger partial charge in [0.1, 0.15) is 5.82 Å².